The lowest BCUT2D eigenvalue weighted by molar-refractivity contribution is -0.138. The van der Waals surface area contributed by atoms with Gasteiger partial charge in [0.2, 0.25) is 5.91 Å². The predicted octanol–water partition coefficient (Wildman–Crippen LogP) is 2.39. The number of nitrogens with zero attached hydrogens (tertiary/aromatic N) is 3. The van der Waals surface area contributed by atoms with Crippen LogP contribution >= 0.6 is 0 Å². The Labute approximate surface area is 159 Å². The van der Waals surface area contributed by atoms with Gasteiger partial charge in [0.05, 0.1) is 31.3 Å². The van der Waals surface area contributed by atoms with Crippen molar-refractivity contribution in [1.82, 2.24) is 14.9 Å². The Kier molecular flexibility index (Phi) is 5.45. The number of likely N-dealkylation sites (tertiary alicyclic amines) is 1. The first-order chi connectivity index (χ1) is 13.2. The fourth-order valence-corrected chi connectivity index (χ4v) is 3.99. The Morgan fingerprint density at radius 2 is 2.11 bits per heavy atom. The van der Waals surface area contributed by atoms with Crippen molar-refractivity contribution in [3.63, 3.8) is 0 Å². The first kappa shape index (κ1) is 18.1. The third-order valence-electron chi connectivity index (χ3n) is 5.38. The van der Waals surface area contributed by atoms with Gasteiger partial charge in [-0.1, -0.05) is 6.07 Å². The molecule has 0 unspecified atom stereocenters. The summed E-state index contributed by atoms with van der Waals surface area (Å²) in [5, 5.41) is 0. The van der Waals surface area contributed by atoms with E-state index >= 15 is 0 Å². The van der Waals surface area contributed by atoms with Gasteiger partial charge in [0, 0.05) is 44.3 Å². The van der Waals surface area contributed by atoms with Crippen LogP contribution in [0.5, 0.6) is 0 Å². The molecular weight excluding hydrogens is 342 g/mol. The van der Waals surface area contributed by atoms with Gasteiger partial charge >= 0.3 is 0 Å². The molecule has 2 saturated heterocycles. The van der Waals surface area contributed by atoms with Crippen LogP contribution in [0.1, 0.15) is 30.4 Å². The fraction of sp³-hybridized carbons (Fsp3) is 0.476. The zero-order valence-electron chi connectivity index (χ0n) is 15.4. The molecule has 142 valence electrons. The lowest BCUT2D eigenvalue weighted by atomic mass is 9.89. The van der Waals surface area contributed by atoms with Crippen LogP contribution in [0.15, 0.2) is 49.1 Å². The Morgan fingerprint density at radius 1 is 1.22 bits per heavy atom. The van der Waals surface area contributed by atoms with Crippen molar-refractivity contribution in [2.45, 2.75) is 44.0 Å². The summed E-state index contributed by atoms with van der Waals surface area (Å²) in [4.78, 5) is 22.8. The van der Waals surface area contributed by atoms with Gasteiger partial charge in [-0.15, -0.1) is 0 Å². The van der Waals surface area contributed by atoms with Crippen LogP contribution in [0.25, 0.3) is 0 Å². The van der Waals surface area contributed by atoms with E-state index in [0.29, 0.717) is 26.2 Å². The summed E-state index contributed by atoms with van der Waals surface area (Å²) >= 11 is 0. The van der Waals surface area contributed by atoms with Gasteiger partial charge in [-0.05, 0) is 42.2 Å². The molecular formula is C21H25N3O3. The maximum atomic E-state index is 12.7. The number of hydrogen-bond acceptors (Lipinski definition) is 5. The number of rotatable bonds is 5. The number of piperidine rings is 1. The Bertz CT molecular complexity index is 756. The van der Waals surface area contributed by atoms with Crippen LogP contribution in [0.2, 0.25) is 0 Å². The third-order valence-corrected chi connectivity index (χ3v) is 5.38. The van der Waals surface area contributed by atoms with Crippen molar-refractivity contribution in [1.29, 1.82) is 0 Å². The predicted molar refractivity (Wildman–Crippen MR) is 99.9 cm³/mol. The number of ether oxygens (including phenoxy) is 2. The summed E-state index contributed by atoms with van der Waals surface area (Å²) in [5.41, 5.74) is 1.81. The first-order valence-corrected chi connectivity index (χ1v) is 9.54. The molecule has 2 fully saturated rings. The Morgan fingerprint density at radius 3 is 2.93 bits per heavy atom. The standard InChI is InChI=1S/C21H25N3O3/c25-20(11-17-4-8-22-9-5-17)24-10-2-6-21(16-24)12-19(15-27-21)26-14-18-3-1-7-23-13-18/h1,3-5,7-9,13,19H,2,6,10-12,14-16H2/t19-,21+/m0/s1. The highest BCUT2D eigenvalue weighted by Gasteiger charge is 2.44. The highest BCUT2D eigenvalue weighted by molar-refractivity contribution is 5.79. The first-order valence-electron chi connectivity index (χ1n) is 9.54. The molecule has 2 aliphatic rings. The summed E-state index contributed by atoms with van der Waals surface area (Å²) in [7, 11) is 0. The Hall–Kier alpha value is -2.31. The van der Waals surface area contributed by atoms with Crippen LogP contribution in [0.3, 0.4) is 0 Å². The highest BCUT2D eigenvalue weighted by Crippen LogP contribution is 2.36. The second-order valence-electron chi connectivity index (χ2n) is 7.44. The molecule has 0 aliphatic carbocycles. The molecule has 4 rings (SSSR count). The molecule has 27 heavy (non-hydrogen) atoms. The van der Waals surface area contributed by atoms with E-state index in [-0.39, 0.29) is 17.6 Å². The van der Waals surface area contributed by atoms with Gasteiger partial charge < -0.3 is 14.4 Å². The van der Waals surface area contributed by atoms with E-state index < -0.39 is 0 Å². The monoisotopic (exact) mass is 367 g/mol. The lowest BCUT2D eigenvalue weighted by Crippen LogP contribution is -2.50. The van der Waals surface area contributed by atoms with Gasteiger partial charge in [-0.2, -0.15) is 0 Å². The van der Waals surface area contributed by atoms with Gasteiger partial charge in [0.25, 0.3) is 0 Å². The van der Waals surface area contributed by atoms with Gasteiger partial charge in [0.1, 0.15) is 0 Å². The minimum atomic E-state index is -0.258. The SMILES string of the molecule is O=C(Cc1ccncc1)N1CCC[C@@]2(C[C@H](OCc3cccnc3)CO2)C1. The average molecular weight is 367 g/mol. The second kappa shape index (κ2) is 8.15. The summed E-state index contributed by atoms with van der Waals surface area (Å²) in [6, 6.07) is 7.72. The van der Waals surface area contributed by atoms with Crippen LogP contribution < -0.4 is 0 Å². The molecule has 0 N–H and O–H groups in total. The summed E-state index contributed by atoms with van der Waals surface area (Å²) in [6.45, 7) is 2.59. The largest absolute Gasteiger partial charge is 0.371 e. The molecule has 0 saturated carbocycles. The molecule has 6 nitrogen and oxygen atoms in total. The van der Waals surface area contributed by atoms with E-state index in [4.69, 9.17) is 9.47 Å². The van der Waals surface area contributed by atoms with E-state index in [9.17, 15) is 4.79 Å². The molecule has 0 bridgehead atoms. The van der Waals surface area contributed by atoms with Gasteiger partial charge in [-0.3, -0.25) is 14.8 Å². The van der Waals surface area contributed by atoms with E-state index in [1.54, 1.807) is 18.6 Å². The molecule has 4 heterocycles. The maximum Gasteiger partial charge on any atom is 0.227 e. The van der Waals surface area contributed by atoms with Crippen molar-refractivity contribution < 1.29 is 14.3 Å². The lowest BCUT2D eigenvalue weighted by Gasteiger charge is -2.39. The van der Waals surface area contributed by atoms with Crippen molar-refractivity contribution >= 4 is 5.91 Å². The zero-order chi connectivity index (χ0) is 18.5. The second-order valence-corrected chi connectivity index (χ2v) is 7.44. The number of amides is 1. The molecule has 2 atom stereocenters. The molecule has 0 aromatic carbocycles. The number of hydrogen-bond donors (Lipinski definition) is 0. The van der Waals surface area contributed by atoms with Crippen LogP contribution in [-0.4, -0.2) is 52.2 Å². The van der Waals surface area contributed by atoms with E-state index in [1.165, 1.54) is 0 Å². The molecule has 0 radical (unpaired) electrons. The molecule has 6 heteroatoms. The normalized spacial score (nSPS) is 25.0. The maximum absolute atomic E-state index is 12.7. The molecule has 2 aliphatic heterocycles. The number of carbonyl (C=O) groups excluding carboxylic acids is 1. The number of aromatic nitrogens is 2. The van der Waals surface area contributed by atoms with Crippen molar-refractivity contribution in [3.8, 4) is 0 Å². The van der Waals surface area contributed by atoms with Gasteiger partial charge in [-0.25, -0.2) is 0 Å². The van der Waals surface area contributed by atoms with Crippen molar-refractivity contribution in [2.75, 3.05) is 19.7 Å². The van der Waals surface area contributed by atoms with Crippen molar-refractivity contribution in [2.24, 2.45) is 0 Å². The van der Waals surface area contributed by atoms with E-state index in [1.807, 2.05) is 35.4 Å². The van der Waals surface area contributed by atoms with E-state index in [2.05, 4.69) is 9.97 Å². The molecule has 2 aromatic heterocycles. The highest BCUT2D eigenvalue weighted by atomic mass is 16.6. The van der Waals surface area contributed by atoms with Crippen LogP contribution in [0.4, 0.5) is 0 Å². The average Bonchev–Trinajstić information content (AvgIpc) is 3.10. The van der Waals surface area contributed by atoms with Gasteiger partial charge in [0.15, 0.2) is 0 Å². The minimum Gasteiger partial charge on any atom is -0.371 e. The fourth-order valence-electron chi connectivity index (χ4n) is 3.99. The Balaban J connectivity index is 1.31. The topological polar surface area (TPSA) is 64.6 Å². The molecule has 1 amide bonds. The number of carbonyl (C=O) groups is 1. The van der Waals surface area contributed by atoms with E-state index in [0.717, 1.165) is 36.9 Å². The van der Waals surface area contributed by atoms with Crippen LogP contribution in [-0.2, 0) is 27.3 Å². The molecule has 1 spiro atoms. The minimum absolute atomic E-state index is 0.0699. The summed E-state index contributed by atoms with van der Waals surface area (Å²) in [6.07, 6.45) is 10.3. The summed E-state index contributed by atoms with van der Waals surface area (Å²) < 4.78 is 12.2. The number of pyridine rings is 2. The quantitative estimate of drug-likeness (QED) is 0.812. The zero-order valence-corrected chi connectivity index (χ0v) is 15.4. The third kappa shape index (κ3) is 4.51. The summed E-state index contributed by atoms with van der Waals surface area (Å²) in [5.74, 6) is 0.156. The smallest absolute Gasteiger partial charge is 0.227 e. The molecule has 2 aromatic rings. The van der Waals surface area contributed by atoms with Crippen molar-refractivity contribution in [3.05, 3.63) is 60.2 Å². The van der Waals surface area contributed by atoms with Crippen LogP contribution in [0, 0.1) is 0 Å².